The van der Waals surface area contributed by atoms with Crippen LogP contribution in [0.4, 0.5) is 5.82 Å². The van der Waals surface area contributed by atoms with Gasteiger partial charge in [-0.25, -0.2) is 9.97 Å². The summed E-state index contributed by atoms with van der Waals surface area (Å²) >= 11 is 0.670. The molecule has 0 aromatic carbocycles. The normalized spacial score (nSPS) is 18.1. The number of allylic oxidation sites excluding steroid dienone is 1. The number of carbonyl (C=O) groups is 1. The highest BCUT2D eigenvalue weighted by Crippen LogP contribution is 2.39. The van der Waals surface area contributed by atoms with Crippen molar-refractivity contribution < 1.29 is 15.0 Å². The van der Waals surface area contributed by atoms with Gasteiger partial charge >= 0.3 is 0 Å². The number of hydrogen-bond donors (Lipinski definition) is 4. The van der Waals surface area contributed by atoms with E-state index in [0.29, 0.717) is 45.7 Å². The molecule has 0 unspecified atom stereocenters. The number of hydrogen-bond acceptors (Lipinski definition) is 5. The van der Waals surface area contributed by atoms with Crippen molar-refractivity contribution in [2.45, 2.75) is 65.8 Å². The van der Waals surface area contributed by atoms with E-state index in [1.54, 1.807) is 13.1 Å². The average Bonchev–Trinajstić information content (AvgIpc) is 2.67. The monoisotopic (exact) mass is 408 g/mol. The second-order valence-corrected chi connectivity index (χ2v) is 8.81. The van der Waals surface area contributed by atoms with E-state index < -0.39 is 0 Å². The molecule has 8 heteroatoms. The van der Waals surface area contributed by atoms with Crippen molar-refractivity contribution in [1.82, 2.24) is 14.9 Å². The number of thiol groups is 1. The molecule has 1 heterocycles. The predicted octanol–water partition coefficient (Wildman–Crippen LogP) is 3.06. The summed E-state index contributed by atoms with van der Waals surface area (Å²) < 4.78 is 0. The van der Waals surface area contributed by atoms with Crippen LogP contribution in [-0.4, -0.2) is 43.1 Å². The summed E-state index contributed by atoms with van der Waals surface area (Å²) in [5.41, 5.74) is 7.12. The highest BCUT2D eigenvalue weighted by atomic mass is 32.1. The topological polar surface area (TPSA) is 113 Å². The van der Waals surface area contributed by atoms with Crippen molar-refractivity contribution in [2.75, 3.05) is 12.3 Å². The molecule has 156 valence electrons. The molecule has 1 fully saturated rings. The lowest BCUT2D eigenvalue weighted by molar-refractivity contribution is -0.116. The van der Waals surface area contributed by atoms with Crippen molar-refractivity contribution >= 4 is 28.6 Å². The predicted molar refractivity (Wildman–Crippen MR) is 115 cm³/mol. The van der Waals surface area contributed by atoms with Gasteiger partial charge in [0.25, 0.3) is 0 Å². The van der Waals surface area contributed by atoms with Crippen LogP contribution >= 0.6 is 11.4 Å². The fourth-order valence-electron chi connectivity index (χ4n) is 3.46. The van der Waals surface area contributed by atoms with Gasteiger partial charge < -0.3 is 20.8 Å². The van der Waals surface area contributed by atoms with Gasteiger partial charge in [-0.15, -0.1) is 11.4 Å². The number of nitrogen functional groups attached to an aromatic ring is 1. The fourth-order valence-corrected chi connectivity index (χ4v) is 4.71. The molecule has 0 spiro atoms. The molecule has 1 aromatic rings. The summed E-state index contributed by atoms with van der Waals surface area (Å²) in [4.78, 5) is 22.4. The van der Waals surface area contributed by atoms with Crippen LogP contribution in [0.2, 0.25) is 0 Å². The second kappa shape index (κ2) is 10.1. The molecule has 0 aliphatic heterocycles. The fraction of sp³-hybridized carbons (Fsp3) is 0.600. The third kappa shape index (κ3) is 5.62. The molecular formula is C20H32N4O3S. The van der Waals surface area contributed by atoms with Crippen LogP contribution in [0, 0.1) is 12.3 Å². The number of rotatable bonds is 8. The summed E-state index contributed by atoms with van der Waals surface area (Å²) in [6, 6.07) is 0. The van der Waals surface area contributed by atoms with Gasteiger partial charge in [0, 0.05) is 35.9 Å². The Labute approximate surface area is 170 Å². The Morgan fingerprint density at radius 2 is 2.07 bits per heavy atom. The van der Waals surface area contributed by atoms with Gasteiger partial charge in [-0.2, -0.15) is 0 Å². The molecular weight excluding hydrogens is 376 g/mol. The zero-order valence-electron chi connectivity index (χ0n) is 17.0. The van der Waals surface area contributed by atoms with Gasteiger partial charge in [-0.05, 0) is 31.6 Å². The summed E-state index contributed by atoms with van der Waals surface area (Å²) in [6.07, 6.45) is 8.10. The van der Waals surface area contributed by atoms with Gasteiger partial charge in [0.2, 0.25) is 6.41 Å². The molecule has 0 saturated heterocycles. The third-order valence-electron chi connectivity index (χ3n) is 5.42. The Balaban J connectivity index is 2.33. The van der Waals surface area contributed by atoms with Crippen molar-refractivity contribution in [3.05, 3.63) is 28.2 Å². The van der Waals surface area contributed by atoms with E-state index in [9.17, 15) is 15.0 Å². The van der Waals surface area contributed by atoms with E-state index in [1.807, 2.05) is 6.92 Å². The lowest BCUT2D eigenvalue weighted by Crippen LogP contribution is -2.29. The number of amides is 1. The maximum Gasteiger partial charge on any atom is 0.214 e. The number of aryl methyl sites for hydroxylation is 1. The molecule has 28 heavy (non-hydrogen) atoms. The van der Waals surface area contributed by atoms with Crippen molar-refractivity contribution in [1.29, 1.82) is 0 Å². The van der Waals surface area contributed by atoms with E-state index in [-0.39, 0.29) is 18.6 Å². The van der Waals surface area contributed by atoms with Gasteiger partial charge in [-0.1, -0.05) is 26.2 Å². The number of aliphatic hydroxyl groups is 2. The zero-order valence-corrected chi connectivity index (χ0v) is 17.9. The first-order chi connectivity index (χ1) is 13.3. The van der Waals surface area contributed by atoms with Gasteiger partial charge in [-0.3, -0.25) is 4.79 Å². The highest BCUT2D eigenvalue weighted by Gasteiger charge is 2.30. The average molecular weight is 409 g/mol. The summed E-state index contributed by atoms with van der Waals surface area (Å²) in [7, 11) is 0. The molecule has 0 bridgehead atoms. The maximum atomic E-state index is 11.8. The Morgan fingerprint density at radius 1 is 1.39 bits per heavy atom. The Hall–Kier alpha value is -1.77. The molecule has 4 N–H and O–H groups in total. The quantitative estimate of drug-likeness (QED) is 0.299. The first-order valence-electron chi connectivity index (χ1n) is 9.69. The minimum atomic E-state index is -0.206. The van der Waals surface area contributed by atoms with E-state index in [0.717, 1.165) is 37.0 Å². The lowest BCUT2D eigenvalue weighted by atomic mass is 9.76. The van der Waals surface area contributed by atoms with E-state index >= 15 is 0 Å². The van der Waals surface area contributed by atoms with E-state index in [4.69, 9.17) is 5.73 Å². The van der Waals surface area contributed by atoms with Crippen molar-refractivity contribution in [3.8, 4) is 0 Å². The first kappa shape index (κ1) is 22.5. The zero-order chi connectivity index (χ0) is 20.7. The molecule has 0 radical (unpaired) electrons. The van der Waals surface area contributed by atoms with Crippen LogP contribution in [0.15, 0.2) is 16.8 Å². The molecule has 1 aliphatic carbocycles. The lowest BCUT2D eigenvalue weighted by Gasteiger charge is -2.33. The molecule has 7 nitrogen and oxygen atoms in total. The first-order valence-corrected chi connectivity index (χ1v) is 10.6. The number of nitrogens with zero attached hydrogens (tertiary/aromatic N) is 3. The van der Waals surface area contributed by atoms with Gasteiger partial charge in [0.05, 0.1) is 11.6 Å². The molecule has 1 amide bonds. The largest absolute Gasteiger partial charge is 0.396 e. The van der Waals surface area contributed by atoms with Crippen LogP contribution in [0.1, 0.15) is 63.8 Å². The Morgan fingerprint density at radius 3 is 2.64 bits per heavy atom. The minimum absolute atomic E-state index is 0.0495. The SMILES string of the molecule is C/C(=C(CCO)/[SH]=C(\O)C1(C)CCCCC1)N(C=O)Cc1cnc(C)nc1N. The number of aromatic nitrogens is 2. The highest BCUT2D eigenvalue weighted by molar-refractivity contribution is 8.02. The third-order valence-corrected chi connectivity index (χ3v) is 6.99. The summed E-state index contributed by atoms with van der Waals surface area (Å²) in [6.45, 7) is 5.87. The Bertz CT molecular complexity index is 758. The number of aliphatic hydroxyl groups excluding tert-OH is 2. The standard InChI is InChI=1S/C20H32N4O3S/c1-14(24(13-26)12-16-11-22-15(2)23-18(16)21)17(7-10-25)28-19(27)20(3)8-5-4-6-9-20/h11,13,25,27-28H,4-10,12H2,1-3H3,(H2,21,22,23)/b17-14-. The summed E-state index contributed by atoms with van der Waals surface area (Å²) in [5.74, 6) is 0.920. The molecule has 1 aliphatic rings. The molecule has 1 saturated carbocycles. The van der Waals surface area contributed by atoms with Crippen LogP contribution in [0.3, 0.4) is 0 Å². The van der Waals surface area contributed by atoms with Crippen molar-refractivity contribution in [2.24, 2.45) is 5.41 Å². The van der Waals surface area contributed by atoms with E-state index in [2.05, 4.69) is 16.9 Å². The van der Waals surface area contributed by atoms with Crippen LogP contribution in [0.25, 0.3) is 0 Å². The number of anilines is 1. The van der Waals surface area contributed by atoms with Gasteiger partial charge in [0.15, 0.2) is 0 Å². The maximum absolute atomic E-state index is 11.8. The molecule has 1 aromatic heterocycles. The second-order valence-electron chi connectivity index (χ2n) is 7.62. The van der Waals surface area contributed by atoms with Gasteiger partial charge in [0.1, 0.15) is 11.6 Å². The minimum Gasteiger partial charge on any atom is -0.396 e. The Kier molecular flexibility index (Phi) is 8.15. The summed E-state index contributed by atoms with van der Waals surface area (Å²) in [5, 5.41) is 20.8. The van der Waals surface area contributed by atoms with Crippen LogP contribution in [0.5, 0.6) is 0 Å². The van der Waals surface area contributed by atoms with Crippen molar-refractivity contribution in [3.63, 3.8) is 0 Å². The number of carbonyl (C=O) groups excluding carboxylic acids is 1. The smallest absolute Gasteiger partial charge is 0.214 e. The molecule has 2 rings (SSSR count). The van der Waals surface area contributed by atoms with Crippen LogP contribution in [-0.2, 0) is 11.3 Å². The number of nitrogens with two attached hydrogens (primary N) is 1. The van der Waals surface area contributed by atoms with Crippen LogP contribution < -0.4 is 5.73 Å². The molecule has 0 atom stereocenters. The van der Waals surface area contributed by atoms with E-state index in [1.165, 1.54) is 11.3 Å².